The average molecular weight is 341 g/mol. The third kappa shape index (κ3) is 5.63. The van der Waals surface area contributed by atoms with E-state index in [-0.39, 0.29) is 0 Å². The molecule has 2 N–H and O–H groups in total. The molecule has 1 atom stereocenters. The summed E-state index contributed by atoms with van der Waals surface area (Å²) in [6.07, 6.45) is -2.88. The summed E-state index contributed by atoms with van der Waals surface area (Å²) < 4.78 is 37.3. The lowest BCUT2D eigenvalue weighted by Crippen LogP contribution is -2.24. The standard InChI is InChI=1S/C11H16BrF3N4/c1-3-4-16-9-8(12)10(18-6-17-9)19-7(2)5-11(13,14)15/h6-7H,3-5H2,1-2H3,(H2,16,17,18,19). The van der Waals surface area contributed by atoms with Crippen LogP contribution in [-0.2, 0) is 0 Å². The first-order valence-electron chi connectivity index (χ1n) is 5.91. The zero-order chi connectivity index (χ0) is 14.5. The van der Waals surface area contributed by atoms with Gasteiger partial charge in [0.2, 0.25) is 0 Å². The van der Waals surface area contributed by atoms with Gasteiger partial charge >= 0.3 is 6.18 Å². The second-order valence-corrected chi connectivity index (χ2v) is 4.97. The van der Waals surface area contributed by atoms with E-state index in [1.165, 1.54) is 13.3 Å². The van der Waals surface area contributed by atoms with Crippen molar-refractivity contribution in [1.82, 2.24) is 9.97 Å². The van der Waals surface area contributed by atoms with E-state index in [2.05, 4.69) is 36.5 Å². The number of hydrogen-bond acceptors (Lipinski definition) is 4. The fraction of sp³-hybridized carbons (Fsp3) is 0.636. The third-order valence-corrected chi connectivity index (χ3v) is 3.00. The van der Waals surface area contributed by atoms with Crippen LogP contribution < -0.4 is 10.6 Å². The molecule has 8 heteroatoms. The van der Waals surface area contributed by atoms with Crippen LogP contribution in [0.1, 0.15) is 26.7 Å². The molecule has 0 aliphatic rings. The number of alkyl halides is 3. The number of anilines is 2. The number of nitrogens with one attached hydrogen (secondary N) is 2. The molecule has 1 aromatic heterocycles. The molecule has 0 saturated carbocycles. The van der Waals surface area contributed by atoms with Crippen LogP contribution in [0, 0.1) is 0 Å². The normalized spacial score (nSPS) is 13.2. The van der Waals surface area contributed by atoms with Gasteiger partial charge in [0.25, 0.3) is 0 Å². The van der Waals surface area contributed by atoms with Crippen molar-refractivity contribution in [2.45, 2.75) is 38.9 Å². The highest BCUT2D eigenvalue weighted by molar-refractivity contribution is 9.10. The minimum atomic E-state index is -4.20. The molecule has 1 heterocycles. The van der Waals surface area contributed by atoms with Gasteiger partial charge in [0.1, 0.15) is 22.4 Å². The highest BCUT2D eigenvalue weighted by atomic mass is 79.9. The minimum absolute atomic E-state index is 0.352. The molecule has 0 aromatic carbocycles. The summed E-state index contributed by atoms with van der Waals surface area (Å²) in [6.45, 7) is 4.20. The van der Waals surface area contributed by atoms with Gasteiger partial charge in [-0.05, 0) is 29.3 Å². The summed E-state index contributed by atoms with van der Waals surface area (Å²) in [4.78, 5) is 7.97. The van der Waals surface area contributed by atoms with Crippen molar-refractivity contribution in [2.75, 3.05) is 17.2 Å². The Kier molecular flexibility index (Phi) is 5.84. The maximum Gasteiger partial charge on any atom is 0.391 e. The first kappa shape index (κ1) is 16.0. The summed E-state index contributed by atoms with van der Waals surface area (Å²) >= 11 is 3.29. The van der Waals surface area contributed by atoms with Crippen LogP contribution in [0.4, 0.5) is 24.8 Å². The summed E-state index contributed by atoms with van der Waals surface area (Å²) in [5, 5.41) is 5.79. The quantitative estimate of drug-likeness (QED) is 0.826. The van der Waals surface area contributed by atoms with Gasteiger partial charge in [0.05, 0.1) is 6.42 Å². The Hall–Kier alpha value is -1.05. The number of halogens is 4. The van der Waals surface area contributed by atoms with Crippen molar-refractivity contribution in [3.63, 3.8) is 0 Å². The number of hydrogen-bond donors (Lipinski definition) is 2. The molecule has 0 aliphatic carbocycles. The van der Waals surface area contributed by atoms with Gasteiger partial charge in [-0.1, -0.05) is 6.92 Å². The SMILES string of the molecule is CCCNc1ncnc(NC(C)CC(F)(F)F)c1Br. The van der Waals surface area contributed by atoms with Crippen molar-refractivity contribution in [1.29, 1.82) is 0 Å². The molecular weight excluding hydrogens is 325 g/mol. The maximum absolute atomic E-state index is 12.3. The second kappa shape index (κ2) is 6.93. The molecule has 0 aliphatic heterocycles. The molecule has 0 radical (unpaired) electrons. The van der Waals surface area contributed by atoms with E-state index in [0.717, 1.165) is 13.0 Å². The fourth-order valence-corrected chi connectivity index (χ4v) is 1.93. The van der Waals surface area contributed by atoms with Crippen molar-refractivity contribution in [2.24, 2.45) is 0 Å². The monoisotopic (exact) mass is 340 g/mol. The molecule has 108 valence electrons. The largest absolute Gasteiger partial charge is 0.391 e. The average Bonchev–Trinajstić information content (AvgIpc) is 2.28. The smallest absolute Gasteiger partial charge is 0.369 e. The molecule has 0 fully saturated rings. The molecule has 1 aromatic rings. The van der Waals surface area contributed by atoms with Crippen LogP contribution in [0.5, 0.6) is 0 Å². The van der Waals surface area contributed by atoms with Crippen LogP contribution >= 0.6 is 15.9 Å². The Balaban J connectivity index is 2.73. The van der Waals surface area contributed by atoms with E-state index >= 15 is 0 Å². The van der Waals surface area contributed by atoms with E-state index < -0.39 is 18.6 Å². The highest BCUT2D eigenvalue weighted by Gasteiger charge is 2.30. The van der Waals surface area contributed by atoms with Gasteiger partial charge in [-0.25, -0.2) is 9.97 Å². The lowest BCUT2D eigenvalue weighted by atomic mass is 10.2. The predicted molar refractivity (Wildman–Crippen MR) is 72.3 cm³/mol. The zero-order valence-electron chi connectivity index (χ0n) is 10.7. The van der Waals surface area contributed by atoms with Crippen LogP contribution in [0.2, 0.25) is 0 Å². The zero-order valence-corrected chi connectivity index (χ0v) is 12.3. The first-order valence-corrected chi connectivity index (χ1v) is 6.70. The van der Waals surface area contributed by atoms with E-state index in [4.69, 9.17) is 0 Å². The van der Waals surface area contributed by atoms with Crippen molar-refractivity contribution in [3.8, 4) is 0 Å². The van der Waals surface area contributed by atoms with Gasteiger partial charge in [0.15, 0.2) is 0 Å². The van der Waals surface area contributed by atoms with Crippen molar-refractivity contribution >= 4 is 27.6 Å². The Morgan fingerprint density at radius 1 is 1.32 bits per heavy atom. The van der Waals surface area contributed by atoms with E-state index in [1.807, 2.05) is 6.92 Å². The number of nitrogens with zero attached hydrogens (tertiary/aromatic N) is 2. The molecule has 1 unspecified atom stereocenters. The number of rotatable bonds is 6. The van der Waals surface area contributed by atoms with Gasteiger partial charge in [-0.3, -0.25) is 0 Å². The highest BCUT2D eigenvalue weighted by Crippen LogP contribution is 2.29. The third-order valence-electron chi connectivity index (χ3n) is 2.25. The van der Waals surface area contributed by atoms with Gasteiger partial charge in [-0.2, -0.15) is 13.2 Å². The topological polar surface area (TPSA) is 49.8 Å². The van der Waals surface area contributed by atoms with Gasteiger partial charge < -0.3 is 10.6 Å². The summed E-state index contributed by atoms with van der Waals surface area (Å²) in [6, 6.07) is -0.759. The summed E-state index contributed by atoms with van der Waals surface area (Å²) in [5.74, 6) is 0.920. The molecule has 0 amide bonds. The van der Waals surface area contributed by atoms with E-state index in [0.29, 0.717) is 16.1 Å². The van der Waals surface area contributed by atoms with E-state index in [9.17, 15) is 13.2 Å². The van der Waals surface area contributed by atoms with Gasteiger partial charge in [-0.15, -0.1) is 0 Å². The lowest BCUT2D eigenvalue weighted by Gasteiger charge is -2.18. The van der Waals surface area contributed by atoms with Crippen molar-refractivity contribution < 1.29 is 13.2 Å². The van der Waals surface area contributed by atoms with Crippen LogP contribution in [0.25, 0.3) is 0 Å². The lowest BCUT2D eigenvalue weighted by molar-refractivity contribution is -0.136. The molecule has 4 nitrogen and oxygen atoms in total. The Labute approximate surface area is 118 Å². The molecule has 0 bridgehead atoms. The fourth-order valence-electron chi connectivity index (χ4n) is 1.47. The Morgan fingerprint density at radius 2 is 1.95 bits per heavy atom. The predicted octanol–water partition coefficient (Wildman–Crippen LogP) is 3.81. The van der Waals surface area contributed by atoms with E-state index in [1.54, 1.807) is 0 Å². The molecule has 0 saturated heterocycles. The number of aromatic nitrogens is 2. The van der Waals surface area contributed by atoms with Crippen molar-refractivity contribution in [3.05, 3.63) is 10.8 Å². The minimum Gasteiger partial charge on any atom is -0.369 e. The Bertz CT molecular complexity index is 411. The van der Waals surface area contributed by atoms with Crippen LogP contribution in [0.3, 0.4) is 0 Å². The molecule has 0 spiro atoms. The summed E-state index contributed by atoms with van der Waals surface area (Å²) in [7, 11) is 0. The van der Waals surface area contributed by atoms with Crippen LogP contribution in [0.15, 0.2) is 10.8 Å². The first-order chi connectivity index (χ1) is 8.83. The Morgan fingerprint density at radius 3 is 2.53 bits per heavy atom. The molecular formula is C11H16BrF3N4. The summed E-state index contributed by atoms with van der Waals surface area (Å²) in [5.41, 5.74) is 0. The van der Waals surface area contributed by atoms with Crippen LogP contribution in [-0.4, -0.2) is 28.7 Å². The molecule has 19 heavy (non-hydrogen) atoms. The van der Waals surface area contributed by atoms with Gasteiger partial charge in [0, 0.05) is 12.6 Å². The molecule has 1 rings (SSSR count). The second-order valence-electron chi connectivity index (χ2n) is 4.18. The maximum atomic E-state index is 12.3.